The molecule has 0 unspecified atom stereocenters. The average molecular weight is 450 g/mol. The summed E-state index contributed by atoms with van der Waals surface area (Å²) in [6.07, 6.45) is -0.600. The van der Waals surface area contributed by atoms with Crippen molar-refractivity contribution in [3.63, 3.8) is 0 Å². The molecule has 0 aliphatic carbocycles. The molecule has 0 radical (unpaired) electrons. The van der Waals surface area contributed by atoms with Crippen molar-refractivity contribution >= 4 is 39.1 Å². The van der Waals surface area contributed by atoms with E-state index >= 15 is 0 Å². The average Bonchev–Trinajstić information content (AvgIpc) is 3.34. The fourth-order valence-corrected chi connectivity index (χ4v) is 4.84. The van der Waals surface area contributed by atoms with E-state index < -0.39 is 17.5 Å². The Kier molecular flexibility index (Phi) is 5.54. The fourth-order valence-electron chi connectivity index (χ4n) is 3.39. The minimum atomic E-state index is -0.600. The summed E-state index contributed by atoms with van der Waals surface area (Å²) in [5, 5.41) is 0.823. The van der Waals surface area contributed by atoms with Crippen LogP contribution in [0.2, 0.25) is 5.02 Å². The lowest BCUT2D eigenvalue weighted by molar-refractivity contribution is -0.0525. The van der Waals surface area contributed by atoms with E-state index in [0.29, 0.717) is 44.6 Å². The zero-order valence-electron chi connectivity index (χ0n) is 16.7. The highest BCUT2D eigenvalue weighted by molar-refractivity contribution is 7.20. The SMILES string of the molecule is Cc1c(C(=O)N(C)C)sc2c1c(=O)n(-c1ccc(Cl)cc1)c(=O)n2CC1OCCO1. The van der Waals surface area contributed by atoms with Crippen LogP contribution in [0.3, 0.4) is 0 Å². The van der Waals surface area contributed by atoms with Gasteiger partial charge in [-0.25, -0.2) is 9.36 Å². The number of carbonyl (C=O) groups excluding carboxylic acids is 1. The van der Waals surface area contributed by atoms with Gasteiger partial charge in [-0.05, 0) is 36.8 Å². The first-order valence-corrected chi connectivity index (χ1v) is 10.5. The van der Waals surface area contributed by atoms with Gasteiger partial charge in [0.25, 0.3) is 11.5 Å². The van der Waals surface area contributed by atoms with Crippen molar-refractivity contribution in [2.24, 2.45) is 0 Å². The summed E-state index contributed by atoms with van der Waals surface area (Å²) in [7, 11) is 3.29. The van der Waals surface area contributed by atoms with Crippen molar-refractivity contribution in [2.75, 3.05) is 27.3 Å². The van der Waals surface area contributed by atoms with Crippen LogP contribution in [0.15, 0.2) is 33.9 Å². The Labute approximate surface area is 180 Å². The van der Waals surface area contributed by atoms with Gasteiger partial charge in [-0.3, -0.25) is 14.2 Å². The number of benzene rings is 1. The Morgan fingerprint density at radius 1 is 1.20 bits per heavy atom. The van der Waals surface area contributed by atoms with Crippen molar-refractivity contribution in [1.82, 2.24) is 14.0 Å². The molecule has 8 nitrogen and oxygen atoms in total. The second kappa shape index (κ2) is 7.99. The van der Waals surface area contributed by atoms with Gasteiger partial charge < -0.3 is 14.4 Å². The molecule has 1 amide bonds. The molecule has 0 bridgehead atoms. The predicted octanol–water partition coefficient (Wildman–Crippen LogP) is 2.25. The minimum absolute atomic E-state index is 0.110. The van der Waals surface area contributed by atoms with Crippen LogP contribution >= 0.6 is 22.9 Å². The van der Waals surface area contributed by atoms with Gasteiger partial charge >= 0.3 is 5.69 Å². The van der Waals surface area contributed by atoms with E-state index in [0.717, 1.165) is 15.9 Å². The molecule has 0 saturated carbocycles. The number of ether oxygens (including phenoxy) is 2. The van der Waals surface area contributed by atoms with E-state index in [-0.39, 0.29) is 12.5 Å². The lowest BCUT2D eigenvalue weighted by atomic mass is 10.2. The number of thiophene rings is 1. The van der Waals surface area contributed by atoms with Crippen molar-refractivity contribution < 1.29 is 14.3 Å². The van der Waals surface area contributed by atoms with E-state index in [1.807, 2.05) is 0 Å². The topological polar surface area (TPSA) is 82.8 Å². The maximum Gasteiger partial charge on any atom is 0.336 e. The van der Waals surface area contributed by atoms with Crippen LogP contribution in [0.25, 0.3) is 15.9 Å². The monoisotopic (exact) mass is 449 g/mol. The van der Waals surface area contributed by atoms with Crippen LogP contribution in [-0.4, -0.2) is 53.5 Å². The molecule has 3 heterocycles. The Bertz CT molecular complexity index is 1240. The molecule has 1 aromatic carbocycles. The van der Waals surface area contributed by atoms with E-state index in [2.05, 4.69) is 0 Å². The molecule has 4 rings (SSSR count). The van der Waals surface area contributed by atoms with E-state index in [4.69, 9.17) is 21.1 Å². The summed E-state index contributed by atoms with van der Waals surface area (Å²) in [5.74, 6) is -0.224. The first-order valence-electron chi connectivity index (χ1n) is 9.29. The Hall–Kier alpha value is -2.46. The third kappa shape index (κ3) is 3.47. The molecule has 1 aliphatic heterocycles. The number of aromatic nitrogens is 2. The van der Waals surface area contributed by atoms with Crippen molar-refractivity contribution in [1.29, 1.82) is 0 Å². The van der Waals surface area contributed by atoms with Gasteiger partial charge in [0, 0.05) is 19.1 Å². The van der Waals surface area contributed by atoms with Crippen LogP contribution in [0, 0.1) is 6.92 Å². The lowest BCUT2D eigenvalue weighted by Gasteiger charge is -2.15. The van der Waals surface area contributed by atoms with Crippen LogP contribution in [0.1, 0.15) is 15.2 Å². The molecule has 1 aliphatic rings. The third-order valence-electron chi connectivity index (χ3n) is 4.92. The normalized spacial score (nSPS) is 14.5. The number of amides is 1. The summed E-state index contributed by atoms with van der Waals surface area (Å²) >= 11 is 7.10. The summed E-state index contributed by atoms with van der Waals surface area (Å²) in [6, 6.07) is 6.44. The Balaban J connectivity index is 2.03. The van der Waals surface area contributed by atoms with Gasteiger partial charge in [0.15, 0.2) is 6.29 Å². The Morgan fingerprint density at radius 2 is 1.83 bits per heavy atom. The first-order chi connectivity index (χ1) is 14.3. The second-order valence-electron chi connectivity index (χ2n) is 7.12. The highest BCUT2D eigenvalue weighted by atomic mass is 35.5. The Morgan fingerprint density at radius 3 is 2.43 bits per heavy atom. The molecule has 2 aromatic heterocycles. The minimum Gasteiger partial charge on any atom is -0.348 e. The number of hydrogen-bond donors (Lipinski definition) is 0. The van der Waals surface area contributed by atoms with E-state index in [1.165, 1.54) is 9.47 Å². The number of rotatable bonds is 4. The highest BCUT2D eigenvalue weighted by Gasteiger charge is 2.26. The molecule has 0 N–H and O–H groups in total. The summed E-state index contributed by atoms with van der Waals surface area (Å²) in [4.78, 5) is 41.7. The summed E-state index contributed by atoms with van der Waals surface area (Å²) in [6.45, 7) is 2.71. The maximum atomic E-state index is 13.4. The fraction of sp³-hybridized carbons (Fsp3) is 0.350. The van der Waals surface area contributed by atoms with Crippen LogP contribution in [0.4, 0.5) is 0 Å². The molecule has 1 saturated heterocycles. The standard InChI is InChI=1S/C20H20ClN3O5S/c1-11-15-17(25)24(13-6-4-12(21)5-7-13)20(27)23(10-14-28-8-9-29-14)19(15)30-16(11)18(26)22(2)3/h4-7,14H,8-10H2,1-3H3. The van der Waals surface area contributed by atoms with Crippen molar-refractivity contribution in [3.05, 3.63) is 60.6 Å². The highest BCUT2D eigenvalue weighted by Crippen LogP contribution is 2.29. The number of hydrogen-bond acceptors (Lipinski definition) is 6. The molecule has 3 aromatic rings. The molecule has 1 fully saturated rings. The zero-order valence-corrected chi connectivity index (χ0v) is 18.2. The molecular weight excluding hydrogens is 430 g/mol. The van der Waals surface area contributed by atoms with Crippen LogP contribution in [0.5, 0.6) is 0 Å². The van der Waals surface area contributed by atoms with Crippen molar-refractivity contribution in [3.8, 4) is 5.69 Å². The zero-order chi connectivity index (χ0) is 21.6. The smallest absolute Gasteiger partial charge is 0.336 e. The molecule has 30 heavy (non-hydrogen) atoms. The van der Waals surface area contributed by atoms with Crippen molar-refractivity contribution in [2.45, 2.75) is 19.8 Å². The second-order valence-corrected chi connectivity index (χ2v) is 8.55. The number of halogens is 1. The van der Waals surface area contributed by atoms with Gasteiger partial charge in [-0.15, -0.1) is 11.3 Å². The summed E-state index contributed by atoms with van der Waals surface area (Å²) in [5.41, 5.74) is -0.0692. The van der Waals surface area contributed by atoms with Crippen LogP contribution < -0.4 is 11.2 Å². The van der Waals surface area contributed by atoms with Gasteiger partial charge in [-0.2, -0.15) is 0 Å². The summed E-state index contributed by atoms with van der Waals surface area (Å²) < 4.78 is 13.6. The number of carbonyl (C=O) groups is 1. The first kappa shape index (κ1) is 20.8. The largest absolute Gasteiger partial charge is 0.348 e. The van der Waals surface area contributed by atoms with Gasteiger partial charge in [0.05, 0.1) is 35.7 Å². The van der Waals surface area contributed by atoms with Crippen LogP contribution in [-0.2, 0) is 16.0 Å². The van der Waals surface area contributed by atoms with E-state index in [9.17, 15) is 14.4 Å². The van der Waals surface area contributed by atoms with Gasteiger partial charge in [0.1, 0.15) is 4.83 Å². The molecule has 10 heteroatoms. The number of aryl methyl sites for hydroxylation is 1. The van der Waals surface area contributed by atoms with Gasteiger partial charge in [-0.1, -0.05) is 11.6 Å². The van der Waals surface area contributed by atoms with Gasteiger partial charge in [0.2, 0.25) is 0 Å². The van der Waals surface area contributed by atoms with E-state index in [1.54, 1.807) is 45.3 Å². The number of fused-ring (bicyclic) bond motifs is 1. The molecular formula is C20H20ClN3O5S. The molecule has 0 spiro atoms. The maximum absolute atomic E-state index is 13.4. The number of nitrogens with zero attached hydrogens (tertiary/aromatic N) is 3. The predicted molar refractivity (Wildman–Crippen MR) is 115 cm³/mol. The molecule has 158 valence electrons. The molecule has 0 atom stereocenters. The lowest BCUT2D eigenvalue weighted by Crippen LogP contribution is -2.40. The quantitative estimate of drug-likeness (QED) is 0.610. The third-order valence-corrected chi connectivity index (χ3v) is 6.47.